The highest BCUT2D eigenvalue weighted by Crippen LogP contribution is 2.04. The van der Waals surface area contributed by atoms with Gasteiger partial charge in [-0.05, 0) is 0 Å². The summed E-state index contributed by atoms with van der Waals surface area (Å²) in [7, 11) is -16.2. The van der Waals surface area contributed by atoms with Crippen molar-refractivity contribution in [3.05, 3.63) is 0 Å². The van der Waals surface area contributed by atoms with Gasteiger partial charge in [0, 0.05) is 0 Å². The van der Waals surface area contributed by atoms with Gasteiger partial charge in [-0.25, -0.2) is 0 Å². The standard InChI is InChI=1S/3H3O4P.6H2O/c3*1-5(2,3)4;;;;;;/h3*(H3,1,2,3,4);6*1H2/p-9. The first-order chi connectivity index (χ1) is 6.00. The Morgan fingerprint density at radius 1 is 0.333 bits per heavy atom. The Labute approximate surface area is 115 Å². The van der Waals surface area contributed by atoms with Crippen molar-refractivity contribution in [2.75, 3.05) is 0 Å². The predicted octanol–water partition coefficient (Wildman–Crippen LogP) is -13.4. The molecule has 0 rings (SSSR count). The second-order valence-electron chi connectivity index (χ2n) is 1.34. The van der Waals surface area contributed by atoms with E-state index in [1.54, 1.807) is 0 Å². The Kier molecular flexibility index (Phi) is 62.0. The zero-order chi connectivity index (χ0) is 13.5. The summed E-state index contributed by atoms with van der Waals surface area (Å²) in [5.41, 5.74) is 0. The van der Waals surface area contributed by atoms with Crippen molar-refractivity contribution in [3.63, 3.8) is 0 Å². The molecule has 0 saturated heterocycles. The highest BCUT2D eigenvalue weighted by molar-refractivity contribution is 7.40. The highest BCUT2D eigenvalue weighted by Gasteiger charge is 1.45. The molecule has 0 amide bonds. The number of phosphoric acid groups is 3. The van der Waals surface area contributed by atoms with E-state index in [9.17, 15) is 0 Å². The van der Waals surface area contributed by atoms with Gasteiger partial charge in [0.25, 0.3) is 0 Å². The lowest BCUT2D eigenvalue weighted by Gasteiger charge is -2.36. The summed E-state index contributed by atoms with van der Waals surface area (Å²) in [6.45, 7) is 0. The van der Waals surface area contributed by atoms with Gasteiger partial charge in [0.1, 0.15) is 0 Å². The van der Waals surface area contributed by atoms with E-state index in [0.717, 1.165) is 0 Å². The zero-order valence-corrected chi connectivity index (χ0v) is 11.9. The van der Waals surface area contributed by atoms with Crippen LogP contribution in [0.1, 0.15) is 0 Å². The van der Waals surface area contributed by atoms with Gasteiger partial charge < -0.3 is 90.6 Å². The molecular formula is H12O18P3-9. The molecule has 0 saturated carbocycles. The van der Waals surface area contributed by atoms with Crippen LogP contribution in [0.25, 0.3) is 0 Å². The molecule has 0 aromatic heterocycles. The van der Waals surface area contributed by atoms with Gasteiger partial charge >= 0.3 is 0 Å². The van der Waals surface area contributed by atoms with Crippen LogP contribution >= 0.6 is 23.5 Å². The molecule has 0 bridgehead atoms. The molecule has 0 fully saturated rings. The summed E-state index contributed by atoms with van der Waals surface area (Å²) in [6.07, 6.45) is 0. The fraction of sp³-hybridized carbons (Fsp3) is 0. The number of hydrogen-bond acceptors (Lipinski definition) is 12. The van der Waals surface area contributed by atoms with E-state index in [0.29, 0.717) is 0 Å². The van der Waals surface area contributed by atoms with E-state index < -0.39 is 23.5 Å². The van der Waals surface area contributed by atoms with E-state index in [4.69, 9.17) is 57.7 Å². The number of hydrogen-bond donors (Lipinski definition) is 0. The molecule has 0 radical (unpaired) electrons. The number of rotatable bonds is 0. The van der Waals surface area contributed by atoms with Crippen LogP contribution < -0.4 is 44.0 Å². The Bertz CT molecular complexity index is 198. The van der Waals surface area contributed by atoms with Crippen LogP contribution in [0.4, 0.5) is 0 Å². The molecule has 12 N–H and O–H groups in total. The first-order valence-electron chi connectivity index (χ1n) is 2.19. The Morgan fingerprint density at radius 3 is 0.333 bits per heavy atom. The van der Waals surface area contributed by atoms with Crippen molar-refractivity contribution >= 4 is 23.5 Å². The van der Waals surface area contributed by atoms with Gasteiger partial charge in [-0.1, -0.05) is 0 Å². The molecule has 0 aliphatic rings. The fourth-order valence-corrected chi connectivity index (χ4v) is 0. The molecule has 0 atom stereocenters. The summed E-state index contributed by atoms with van der Waals surface area (Å²) in [4.78, 5) is 76.9. The monoisotopic (exact) mass is 393 g/mol. The van der Waals surface area contributed by atoms with Crippen molar-refractivity contribution in [2.24, 2.45) is 0 Å². The second kappa shape index (κ2) is 22.4. The molecule has 0 aromatic rings. The van der Waals surface area contributed by atoms with Crippen molar-refractivity contribution in [3.8, 4) is 0 Å². The molecule has 0 aromatic carbocycles. The molecule has 21 heteroatoms. The van der Waals surface area contributed by atoms with Crippen LogP contribution in [-0.4, -0.2) is 32.9 Å². The average Bonchev–Trinajstić information content (AvgIpc) is 1.41. The van der Waals surface area contributed by atoms with Gasteiger partial charge in [-0.2, -0.15) is 23.5 Å². The summed E-state index contributed by atoms with van der Waals surface area (Å²) in [6, 6.07) is 0. The molecule has 18 nitrogen and oxygen atoms in total. The summed E-state index contributed by atoms with van der Waals surface area (Å²) in [5, 5.41) is 0. The minimum absolute atomic E-state index is 0. The van der Waals surface area contributed by atoms with Crippen molar-refractivity contribution in [2.45, 2.75) is 0 Å². The topological polar surface area (TPSA) is 448 Å². The van der Waals surface area contributed by atoms with Gasteiger partial charge in [0.2, 0.25) is 0 Å². The molecular weight excluding hydrogens is 381 g/mol. The fourth-order valence-electron chi connectivity index (χ4n) is 0. The minimum atomic E-state index is -5.39. The van der Waals surface area contributed by atoms with Crippen LogP contribution in [0.15, 0.2) is 0 Å². The van der Waals surface area contributed by atoms with Gasteiger partial charge in [0.05, 0.1) is 0 Å². The average molecular weight is 393 g/mol. The lowest BCUT2D eigenvalue weighted by molar-refractivity contribution is -0.434. The maximum atomic E-state index is 8.55. The third-order valence-corrected chi connectivity index (χ3v) is 0. The zero-order valence-electron chi connectivity index (χ0n) is 9.24. The minimum Gasteiger partial charge on any atom is -0.822 e. The summed E-state index contributed by atoms with van der Waals surface area (Å²) in [5.74, 6) is 0. The van der Waals surface area contributed by atoms with Crippen LogP contribution in [0, 0.1) is 0 Å². The van der Waals surface area contributed by atoms with Crippen LogP contribution in [-0.2, 0) is 13.7 Å². The second-order valence-corrected chi connectivity index (χ2v) is 4.02. The summed E-state index contributed by atoms with van der Waals surface area (Å²) >= 11 is 0. The quantitative estimate of drug-likeness (QED) is 0.346. The highest BCUT2D eigenvalue weighted by atomic mass is 31.2. The van der Waals surface area contributed by atoms with Gasteiger partial charge in [0.15, 0.2) is 0 Å². The maximum Gasteiger partial charge on any atom is -0.159 e. The molecule has 21 heavy (non-hydrogen) atoms. The van der Waals surface area contributed by atoms with Crippen molar-refractivity contribution < 1.29 is 90.6 Å². The third-order valence-electron chi connectivity index (χ3n) is 0. The molecule has 0 spiro atoms. The van der Waals surface area contributed by atoms with E-state index in [-0.39, 0.29) is 32.9 Å². The molecule has 0 aliphatic carbocycles. The van der Waals surface area contributed by atoms with E-state index >= 15 is 0 Å². The normalized spacial score (nSPS) is 8.43. The van der Waals surface area contributed by atoms with Crippen LogP contribution in [0.2, 0.25) is 0 Å². The molecule has 0 aliphatic heterocycles. The van der Waals surface area contributed by atoms with E-state index in [2.05, 4.69) is 0 Å². The van der Waals surface area contributed by atoms with E-state index in [1.807, 2.05) is 0 Å². The molecule has 144 valence electrons. The Hall–Kier alpha value is 0.0900. The first-order valence-corrected chi connectivity index (χ1v) is 6.57. The smallest absolute Gasteiger partial charge is 0.159 e. The third kappa shape index (κ3) is 812000. The van der Waals surface area contributed by atoms with E-state index in [1.165, 1.54) is 0 Å². The van der Waals surface area contributed by atoms with Gasteiger partial charge in [-0.15, -0.1) is 0 Å². The van der Waals surface area contributed by atoms with Crippen molar-refractivity contribution in [1.29, 1.82) is 0 Å². The molecule has 0 unspecified atom stereocenters. The van der Waals surface area contributed by atoms with Crippen molar-refractivity contribution in [1.82, 2.24) is 0 Å². The van der Waals surface area contributed by atoms with Crippen LogP contribution in [0.5, 0.6) is 0 Å². The molecule has 0 heterocycles. The largest absolute Gasteiger partial charge is 0.822 e. The maximum absolute atomic E-state index is 8.55. The predicted molar refractivity (Wildman–Crippen MR) is 44.5 cm³/mol. The van der Waals surface area contributed by atoms with Crippen LogP contribution in [0.3, 0.4) is 0 Å². The Balaban J connectivity index is -0.0000000129. The SMILES string of the molecule is O.O.O.O.O.O.O=P([O-])([O-])[O-].O=P([O-])([O-])[O-].O=P([O-])([O-])[O-]. The Morgan fingerprint density at radius 2 is 0.333 bits per heavy atom. The first kappa shape index (κ1) is 58.2. The summed E-state index contributed by atoms with van der Waals surface area (Å²) < 4.78 is 25.6. The lowest BCUT2D eigenvalue weighted by Crippen LogP contribution is -2.24. The van der Waals surface area contributed by atoms with Gasteiger partial charge in [-0.3, -0.25) is 0 Å². The lowest BCUT2D eigenvalue weighted by atomic mass is 15.8.